The molecule has 0 saturated heterocycles. The van der Waals surface area contributed by atoms with Crippen LogP contribution in [0.15, 0.2) is 5.16 Å². The van der Waals surface area contributed by atoms with Crippen LogP contribution in [0, 0.1) is 0 Å². The fourth-order valence-corrected chi connectivity index (χ4v) is 0.0504. The zero-order chi connectivity index (χ0) is 4.99. The Morgan fingerprint density at radius 2 is 2.17 bits per heavy atom. The third-order valence-corrected chi connectivity index (χ3v) is 0.179. The van der Waals surface area contributed by atoms with E-state index in [2.05, 4.69) is 5.16 Å². The van der Waals surface area contributed by atoms with Gasteiger partial charge in [0.15, 0.2) is 0 Å². The first-order valence-electron chi connectivity index (χ1n) is 1.23. The molecule has 0 unspecified atom stereocenters. The van der Waals surface area contributed by atoms with Gasteiger partial charge in [-0.3, -0.25) is 0 Å². The van der Waals surface area contributed by atoms with Crippen molar-refractivity contribution in [2.45, 2.75) is 6.43 Å². The van der Waals surface area contributed by atoms with Gasteiger partial charge >= 0.3 is 0 Å². The van der Waals surface area contributed by atoms with Gasteiger partial charge in [-0.2, -0.15) is 0 Å². The lowest BCUT2D eigenvalue weighted by atomic mass is 10.8. The summed E-state index contributed by atoms with van der Waals surface area (Å²) >= 11 is 0. The highest BCUT2D eigenvalue weighted by Gasteiger charge is 1.91. The first-order chi connectivity index (χ1) is 2.77. The topological polar surface area (TPSA) is 32.6 Å². The van der Waals surface area contributed by atoms with E-state index in [1.165, 1.54) is 0 Å². The van der Waals surface area contributed by atoms with E-state index < -0.39 is 6.43 Å². The third-order valence-electron chi connectivity index (χ3n) is 0.179. The van der Waals surface area contributed by atoms with Crippen LogP contribution in [0.5, 0.6) is 0 Å². The summed E-state index contributed by atoms with van der Waals surface area (Å²) in [4.78, 5) is 0. The molecule has 1 N–H and O–H groups in total. The zero-order valence-corrected chi connectivity index (χ0v) is 2.81. The van der Waals surface area contributed by atoms with Crippen molar-refractivity contribution < 1.29 is 14.0 Å². The van der Waals surface area contributed by atoms with E-state index in [-0.39, 0.29) is 6.21 Å². The second-order valence-electron chi connectivity index (χ2n) is 0.599. The molecule has 6 heavy (non-hydrogen) atoms. The number of alkyl halides is 2. The quantitative estimate of drug-likeness (QED) is 0.290. The Hall–Kier alpha value is -0.670. The Balaban J connectivity index is 3.03. The van der Waals surface area contributed by atoms with Crippen molar-refractivity contribution in [2.24, 2.45) is 5.16 Å². The van der Waals surface area contributed by atoms with Crippen molar-refractivity contribution in [3.8, 4) is 0 Å². The number of rotatable bonds is 1. The lowest BCUT2D eigenvalue weighted by Crippen LogP contribution is -1.88. The summed E-state index contributed by atoms with van der Waals surface area (Å²) in [6.07, 6.45) is -2.50. The van der Waals surface area contributed by atoms with Gasteiger partial charge < -0.3 is 5.21 Å². The maximum Gasteiger partial charge on any atom is 0.276 e. The van der Waals surface area contributed by atoms with Crippen LogP contribution in [0.1, 0.15) is 0 Å². The minimum atomic E-state index is -2.64. The molecule has 0 heterocycles. The minimum Gasteiger partial charge on any atom is -0.411 e. The van der Waals surface area contributed by atoms with Crippen LogP contribution >= 0.6 is 0 Å². The third kappa shape index (κ3) is 3.33. The molecule has 0 radical (unpaired) electrons. The van der Waals surface area contributed by atoms with E-state index in [9.17, 15) is 8.78 Å². The molecular formula is C2H3F2NO. The van der Waals surface area contributed by atoms with Gasteiger partial charge in [-0.15, -0.1) is 0 Å². The molecule has 0 saturated carbocycles. The molecule has 0 aliphatic carbocycles. The number of oxime groups is 1. The summed E-state index contributed by atoms with van der Waals surface area (Å²) in [6, 6.07) is 0. The standard InChI is InChI=1S/C2H3F2NO/c3-2(4)1-5-6/h1-2,6H. The summed E-state index contributed by atoms with van der Waals surface area (Å²) < 4.78 is 21.5. The second-order valence-corrected chi connectivity index (χ2v) is 0.599. The van der Waals surface area contributed by atoms with Gasteiger partial charge in [0.05, 0.1) is 0 Å². The Bertz CT molecular complexity index is 53.5. The van der Waals surface area contributed by atoms with Crippen molar-refractivity contribution in [3.05, 3.63) is 0 Å². The molecule has 0 aromatic carbocycles. The average molecular weight is 95.0 g/mol. The monoisotopic (exact) mass is 95.0 g/mol. The lowest BCUT2D eigenvalue weighted by molar-refractivity contribution is 0.221. The van der Waals surface area contributed by atoms with E-state index >= 15 is 0 Å². The van der Waals surface area contributed by atoms with Crippen molar-refractivity contribution in [3.63, 3.8) is 0 Å². The molecule has 0 aromatic rings. The highest BCUT2D eigenvalue weighted by atomic mass is 19.3. The Morgan fingerprint density at radius 3 is 2.17 bits per heavy atom. The predicted octanol–water partition coefficient (Wildman–Crippen LogP) is 0.712. The molecule has 0 aliphatic rings. The summed E-state index contributed by atoms with van der Waals surface area (Å²) in [7, 11) is 0. The van der Waals surface area contributed by atoms with Crippen LogP contribution in [0.25, 0.3) is 0 Å². The lowest BCUT2D eigenvalue weighted by Gasteiger charge is -1.76. The first-order valence-corrected chi connectivity index (χ1v) is 1.23. The molecule has 0 rings (SSSR count). The Labute approximate surface area is 33.1 Å². The molecular weight excluding hydrogens is 92.0 g/mol. The number of halogens is 2. The second kappa shape index (κ2) is 2.56. The van der Waals surface area contributed by atoms with Gasteiger partial charge in [0, 0.05) is 0 Å². The number of hydrogen-bond donors (Lipinski definition) is 1. The van der Waals surface area contributed by atoms with E-state index in [0.717, 1.165) is 0 Å². The fraction of sp³-hybridized carbons (Fsp3) is 0.500. The van der Waals surface area contributed by atoms with Crippen molar-refractivity contribution >= 4 is 6.21 Å². The molecule has 0 fully saturated rings. The van der Waals surface area contributed by atoms with Crippen molar-refractivity contribution in [1.82, 2.24) is 0 Å². The molecule has 0 aromatic heterocycles. The van der Waals surface area contributed by atoms with Gasteiger partial charge in [0.25, 0.3) is 6.43 Å². The van der Waals surface area contributed by atoms with Crippen LogP contribution in [-0.2, 0) is 0 Å². The molecule has 0 amide bonds. The SMILES string of the molecule is ON=CC(F)F. The molecule has 0 spiro atoms. The summed E-state index contributed by atoms with van der Waals surface area (Å²) in [5.74, 6) is 0. The number of hydrogen-bond acceptors (Lipinski definition) is 2. The van der Waals surface area contributed by atoms with E-state index in [1.54, 1.807) is 0 Å². The van der Waals surface area contributed by atoms with Crippen molar-refractivity contribution in [1.29, 1.82) is 0 Å². The molecule has 2 nitrogen and oxygen atoms in total. The van der Waals surface area contributed by atoms with Gasteiger partial charge in [0.2, 0.25) is 0 Å². The van der Waals surface area contributed by atoms with Gasteiger partial charge in [-0.1, -0.05) is 5.16 Å². The predicted molar refractivity (Wildman–Crippen MR) is 16.3 cm³/mol. The van der Waals surface area contributed by atoms with E-state index in [4.69, 9.17) is 5.21 Å². The molecule has 36 valence electrons. The zero-order valence-electron chi connectivity index (χ0n) is 2.81. The first kappa shape index (κ1) is 5.33. The fourth-order valence-electron chi connectivity index (χ4n) is 0.0504. The smallest absolute Gasteiger partial charge is 0.276 e. The highest BCUT2D eigenvalue weighted by molar-refractivity contribution is 5.59. The normalized spacial score (nSPS) is 11.2. The maximum atomic E-state index is 10.7. The average Bonchev–Trinajstić information content (AvgIpc) is 1.35. The Morgan fingerprint density at radius 1 is 1.67 bits per heavy atom. The summed E-state index contributed by atoms with van der Waals surface area (Å²) in [5, 5.41) is 9.39. The van der Waals surface area contributed by atoms with Gasteiger partial charge in [0.1, 0.15) is 6.21 Å². The molecule has 0 bridgehead atoms. The number of nitrogens with zero attached hydrogens (tertiary/aromatic N) is 1. The van der Waals surface area contributed by atoms with E-state index in [1.807, 2.05) is 0 Å². The molecule has 0 atom stereocenters. The van der Waals surface area contributed by atoms with Crippen LogP contribution < -0.4 is 0 Å². The van der Waals surface area contributed by atoms with Crippen LogP contribution in [0.3, 0.4) is 0 Å². The van der Waals surface area contributed by atoms with Crippen molar-refractivity contribution in [2.75, 3.05) is 0 Å². The summed E-state index contributed by atoms with van der Waals surface area (Å²) in [6.45, 7) is 0. The van der Waals surface area contributed by atoms with E-state index in [0.29, 0.717) is 0 Å². The van der Waals surface area contributed by atoms with Crippen LogP contribution in [0.2, 0.25) is 0 Å². The minimum absolute atomic E-state index is 0.139. The molecule has 4 heteroatoms. The molecule has 0 aliphatic heterocycles. The van der Waals surface area contributed by atoms with Gasteiger partial charge in [-0.05, 0) is 0 Å². The van der Waals surface area contributed by atoms with Crippen LogP contribution in [0.4, 0.5) is 8.78 Å². The summed E-state index contributed by atoms with van der Waals surface area (Å²) in [5.41, 5.74) is 0. The Kier molecular flexibility index (Phi) is 2.27. The van der Waals surface area contributed by atoms with Crippen LogP contribution in [-0.4, -0.2) is 17.8 Å². The maximum absolute atomic E-state index is 10.7. The highest BCUT2D eigenvalue weighted by Crippen LogP contribution is 1.82. The largest absolute Gasteiger partial charge is 0.411 e. The van der Waals surface area contributed by atoms with Gasteiger partial charge in [-0.25, -0.2) is 8.78 Å².